The van der Waals surface area contributed by atoms with Gasteiger partial charge in [-0.15, -0.1) is 10.2 Å². The lowest BCUT2D eigenvalue weighted by Gasteiger charge is -2.10. The van der Waals surface area contributed by atoms with E-state index in [9.17, 15) is 4.79 Å². The van der Waals surface area contributed by atoms with Crippen molar-refractivity contribution in [2.45, 2.75) is 31.2 Å². The number of pyridine rings is 1. The number of nitrogens with zero attached hydrogens (tertiary/aromatic N) is 3. The number of aromatic nitrogens is 3. The van der Waals surface area contributed by atoms with E-state index in [0.717, 1.165) is 5.56 Å². The van der Waals surface area contributed by atoms with Crippen molar-refractivity contribution in [1.29, 1.82) is 0 Å². The van der Waals surface area contributed by atoms with Gasteiger partial charge in [-0.25, -0.2) is 0 Å². The molecule has 24 heavy (non-hydrogen) atoms. The van der Waals surface area contributed by atoms with Crippen LogP contribution in [0.2, 0.25) is 10.0 Å². The number of benzene rings is 1. The Hall–Kier alpha value is -1.56. The zero-order valence-corrected chi connectivity index (χ0v) is 15.7. The molecular weight excluding hydrogens is 365 g/mol. The fraction of sp³-hybridized carbons (Fsp3) is 0.235. The predicted molar refractivity (Wildman–Crippen MR) is 98.6 cm³/mol. The van der Waals surface area contributed by atoms with Gasteiger partial charge in [-0.05, 0) is 44.0 Å². The monoisotopic (exact) mass is 379 g/mol. The SMILES string of the molecule is Cc1ccc(C(=O)C(C)Sc2nnc3c(Cl)cc(Cl)cn23)cc1C. The molecule has 0 saturated heterocycles. The van der Waals surface area contributed by atoms with Gasteiger partial charge in [0.15, 0.2) is 16.6 Å². The molecule has 0 aliphatic carbocycles. The van der Waals surface area contributed by atoms with Crippen LogP contribution < -0.4 is 0 Å². The van der Waals surface area contributed by atoms with Gasteiger partial charge in [-0.1, -0.05) is 47.1 Å². The molecule has 4 nitrogen and oxygen atoms in total. The Morgan fingerprint density at radius 3 is 2.62 bits per heavy atom. The standard InChI is InChI=1S/C17H15Cl2N3OS/c1-9-4-5-12(6-10(9)2)15(23)11(3)24-17-21-20-16-14(19)7-13(18)8-22(16)17/h4-8,11H,1-3H3. The van der Waals surface area contributed by atoms with Crippen molar-refractivity contribution in [2.75, 3.05) is 0 Å². The van der Waals surface area contributed by atoms with E-state index in [4.69, 9.17) is 23.2 Å². The molecule has 0 bridgehead atoms. The predicted octanol–water partition coefficient (Wildman–Crippen LogP) is 5.02. The number of hydrogen-bond donors (Lipinski definition) is 0. The van der Waals surface area contributed by atoms with Crippen LogP contribution in [0.15, 0.2) is 35.6 Å². The van der Waals surface area contributed by atoms with Gasteiger partial charge in [0.1, 0.15) is 0 Å². The van der Waals surface area contributed by atoms with Crippen molar-refractivity contribution < 1.29 is 4.79 Å². The molecule has 124 valence electrons. The van der Waals surface area contributed by atoms with E-state index < -0.39 is 0 Å². The fourth-order valence-electron chi connectivity index (χ4n) is 2.32. The summed E-state index contributed by atoms with van der Waals surface area (Å²) in [7, 11) is 0. The summed E-state index contributed by atoms with van der Waals surface area (Å²) in [6, 6.07) is 7.36. The summed E-state index contributed by atoms with van der Waals surface area (Å²) in [5, 5.41) is 9.37. The summed E-state index contributed by atoms with van der Waals surface area (Å²) < 4.78 is 1.71. The second kappa shape index (κ2) is 6.75. The van der Waals surface area contributed by atoms with E-state index >= 15 is 0 Å². The Morgan fingerprint density at radius 1 is 1.17 bits per heavy atom. The number of carbonyl (C=O) groups is 1. The van der Waals surface area contributed by atoms with Crippen molar-refractivity contribution >= 4 is 46.4 Å². The minimum absolute atomic E-state index is 0.0491. The smallest absolute Gasteiger partial charge is 0.196 e. The maximum Gasteiger partial charge on any atom is 0.196 e. The molecule has 2 heterocycles. The zero-order chi connectivity index (χ0) is 17.4. The molecule has 0 N–H and O–H groups in total. The highest BCUT2D eigenvalue weighted by molar-refractivity contribution is 8.00. The van der Waals surface area contributed by atoms with Gasteiger partial charge in [-0.2, -0.15) is 0 Å². The molecule has 0 aliphatic heterocycles. The molecule has 3 rings (SSSR count). The summed E-state index contributed by atoms with van der Waals surface area (Å²) >= 11 is 13.5. The first-order valence-electron chi connectivity index (χ1n) is 7.34. The molecule has 0 amide bonds. The molecule has 0 saturated carbocycles. The van der Waals surface area contributed by atoms with Crippen LogP contribution in [-0.4, -0.2) is 25.6 Å². The summed E-state index contributed by atoms with van der Waals surface area (Å²) in [6.45, 7) is 5.88. The average molecular weight is 380 g/mol. The number of hydrogen-bond acceptors (Lipinski definition) is 4. The van der Waals surface area contributed by atoms with Crippen LogP contribution >= 0.6 is 35.0 Å². The molecule has 0 spiro atoms. The van der Waals surface area contributed by atoms with Crippen molar-refractivity contribution in [3.63, 3.8) is 0 Å². The van der Waals surface area contributed by atoms with Gasteiger partial charge < -0.3 is 0 Å². The molecule has 2 aromatic heterocycles. The number of aryl methyl sites for hydroxylation is 2. The second-order valence-corrected chi connectivity index (χ2v) is 7.76. The normalized spacial score (nSPS) is 12.5. The molecule has 7 heteroatoms. The van der Waals surface area contributed by atoms with Crippen molar-refractivity contribution in [3.05, 3.63) is 57.2 Å². The van der Waals surface area contributed by atoms with Crippen molar-refractivity contribution in [1.82, 2.24) is 14.6 Å². The third-order valence-electron chi connectivity index (χ3n) is 3.84. The quantitative estimate of drug-likeness (QED) is 0.471. The number of halogens is 2. The van der Waals surface area contributed by atoms with E-state index in [2.05, 4.69) is 10.2 Å². The summed E-state index contributed by atoms with van der Waals surface area (Å²) in [5.74, 6) is 0.0491. The first-order chi connectivity index (χ1) is 11.4. The Morgan fingerprint density at radius 2 is 1.92 bits per heavy atom. The van der Waals surface area contributed by atoms with E-state index in [0.29, 0.717) is 26.4 Å². The molecular formula is C17H15Cl2N3OS. The number of fused-ring (bicyclic) bond motifs is 1. The minimum atomic E-state index is -0.308. The number of carbonyl (C=O) groups excluding carboxylic acids is 1. The molecule has 1 unspecified atom stereocenters. The molecule has 0 fully saturated rings. The Kier molecular flexibility index (Phi) is 4.85. The number of ketones is 1. The van der Waals surface area contributed by atoms with Gasteiger partial charge in [0, 0.05) is 11.8 Å². The summed E-state index contributed by atoms with van der Waals surface area (Å²) in [5.41, 5.74) is 3.49. The van der Waals surface area contributed by atoms with Crippen molar-refractivity contribution in [3.8, 4) is 0 Å². The molecule has 1 aromatic carbocycles. The maximum absolute atomic E-state index is 12.7. The van der Waals surface area contributed by atoms with E-state index in [1.54, 1.807) is 16.7 Å². The summed E-state index contributed by atoms with van der Waals surface area (Å²) in [6.07, 6.45) is 1.69. The van der Waals surface area contributed by atoms with Crippen LogP contribution in [-0.2, 0) is 0 Å². The Bertz CT molecular complexity index is 939. The van der Waals surface area contributed by atoms with Gasteiger partial charge in [0.05, 0.1) is 15.3 Å². The zero-order valence-electron chi connectivity index (χ0n) is 13.4. The van der Waals surface area contributed by atoms with Gasteiger partial charge in [0.2, 0.25) is 0 Å². The van der Waals surface area contributed by atoms with Crippen LogP contribution in [0.4, 0.5) is 0 Å². The first-order valence-corrected chi connectivity index (χ1v) is 8.98. The Balaban J connectivity index is 1.88. The second-order valence-electron chi connectivity index (χ2n) is 5.61. The van der Waals surface area contributed by atoms with Gasteiger partial charge in [0.25, 0.3) is 0 Å². The van der Waals surface area contributed by atoms with E-state index in [1.807, 2.05) is 39.0 Å². The number of thioether (sulfide) groups is 1. The average Bonchev–Trinajstić information content (AvgIpc) is 2.92. The minimum Gasteiger partial charge on any atom is -0.293 e. The largest absolute Gasteiger partial charge is 0.293 e. The number of rotatable bonds is 4. The highest BCUT2D eigenvalue weighted by Gasteiger charge is 2.20. The fourth-order valence-corrected chi connectivity index (χ4v) is 3.73. The third kappa shape index (κ3) is 3.29. The van der Waals surface area contributed by atoms with Crippen LogP contribution in [0.3, 0.4) is 0 Å². The van der Waals surface area contributed by atoms with E-state index in [1.165, 1.54) is 17.3 Å². The van der Waals surface area contributed by atoms with E-state index in [-0.39, 0.29) is 11.0 Å². The molecule has 0 aliphatic rings. The first kappa shape index (κ1) is 17.3. The van der Waals surface area contributed by atoms with Crippen molar-refractivity contribution in [2.24, 2.45) is 0 Å². The van der Waals surface area contributed by atoms with Crippen LogP contribution in [0, 0.1) is 13.8 Å². The highest BCUT2D eigenvalue weighted by Crippen LogP contribution is 2.29. The lowest BCUT2D eigenvalue weighted by molar-refractivity contribution is 0.0994. The van der Waals surface area contributed by atoms with Gasteiger partial charge in [-0.3, -0.25) is 9.20 Å². The molecule has 3 aromatic rings. The molecule has 0 radical (unpaired) electrons. The maximum atomic E-state index is 12.7. The Labute approximate surface area is 154 Å². The van der Waals surface area contributed by atoms with Crippen LogP contribution in [0.25, 0.3) is 5.65 Å². The topological polar surface area (TPSA) is 47.3 Å². The third-order valence-corrected chi connectivity index (χ3v) is 5.38. The summed E-state index contributed by atoms with van der Waals surface area (Å²) in [4.78, 5) is 12.7. The lowest BCUT2D eigenvalue weighted by atomic mass is 10.0. The molecule has 1 atom stereocenters. The van der Waals surface area contributed by atoms with Gasteiger partial charge >= 0.3 is 0 Å². The highest BCUT2D eigenvalue weighted by atomic mass is 35.5. The van der Waals surface area contributed by atoms with Crippen LogP contribution in [0.1, 0.15) is 28.4 Å². The van der Waals surface area contributed by atoms with Crippen LogP contribution in [0.5, 0.6) is 0 Å². The lowest BCUT2D eigenvalue weighted by Crippen LogP contribution is -2.14. The number of Topliss-reactive ketones (excluding diaryl/α,β-unsaturated/α-hetero) is 1.